The molecular weight excluding hydrogens is 507 g/mol. The van der Waals surface area contributed by atoms with Crippen LogP contribution in [0.3, 0.4) is 0 Å². The van der Waals surface area contributed by atoms with E-state index in [9.17, 15) is 4.79 Å². The van der Waals surface area contributed by atoms with Crippen LogP contribution in [-0.4, -0.2) is 26.4 Å². The van der Waals surface area contributed by atoms with Gasteiger partial charge < -0.3 is 5.32 Å². The zero-order chi connectivity index (χ0) is 21.7. The highest BCUT2D eigenvalue weighted by Gasteiger charge is 2.16. The van der Waals surface area contributed by atoms with Crippen LogP contribution in [0.1, 0.15) is 30.9 Å². The lowest BCUT2D eigenvalue weighted by Gasteiger charge is -2.14. The summed E-state index contributed by atoms with van der Waals surface area (Å²) in [5.41, 5.74) is 4.16. The first-order valence-corrected chi connectivity index (χ1v) is 11.8. The molecular formula is C23H25IN4OS. The Hall–Kier alpha value is -2.13. The third kappa shape index (κ3) is 5.51. The van der Waals surface area contributed by atoms with E-state index in [4.69, 9.17) is 0 Å². The SMILES string of the molecule is C=CCn1c(SCC(=O)Nc2ccc(I)cc2C(C)C)nnc1-c1cccc(C)c1. The summed E-state index contributed by atoms with van der Waals surface area (Å²) in [4.78, 5) is 12.6. The largest absolute Gasteiger partial charge is 0.325 e. The number of anilines is 1. The fraction of sp³-hybridized carbons (Fsp3) is 0.261. The molecule has 156 valence electrons. The lowest BCUT2D eigenvalue weighted by atomic mass is 10.0. The van der Waals surface area contributed by atoms with Gasteiger partial charge in [-0.05, 0) is 65.3 Å². The Morgan fingerprint density at radius 2 is 2.07 bits per heavy atom. The third-order valence-corrected chi connectivity index (χ3v) is 6.18. The smallest absolute Gasteiger partial charge is 0.234 e. The third-order valence-electron chi connectivity index (χ3n) is 4.55. The van der Waals surface area contributed by atoms with Gasteiger partial charge in [-0.15, -0.1) is 16.8 Å². The van der Waals surface area contributed by atoms with Gasteiger partial charge in [0.25, 0.3) is 0 Å². The van der Waals surface area contributed by atoms with Crippen molar-refractivity contribution in [2.45, 2.75) is 38.4 Å². The van der Waals surface area contributed by atoms with Gasteiger partial charge in [-0.2, -0.15) is 0 Å². The van der Waals surface area contributed by atoms with Crippen molar-refractivity contribution < 1.29 is 4.79 Å². The summed E-state index contributed by atoms with van der Waals surface area (Å²) in [5, 5.41) is 12.4. The fourth-order valence-electron chi connectivity index (χ4n) is 3.13. The standard InChI is InChI=1S/C23H25IN4OS/c1-5-11-28-22(17-8-6-7-16(4)12-17)26-27-23(28)30-14-21(29)25-20-10-9-18(24)13-19(20)15(2)3/h5-10,12-13,15H,1,11,14H2,2-4H3,(H,25,29). The van der Waals surface area contributed by atoms with Crippen molar-refractivity contribution in [3.63, 3.8) is 0 Å². The lowest BCUT2D eigenvalue weighted by Crippen LogP contribution is -2.16. The molecule has 0 atom stereocenters. The molecule has 1 amide bonds. The van der Waals surface area contributed by atoms with Gasteiger partial charge in [-0.1, -0.05) is 55.4 Å². The number of nitrogens with one attached hydrogen (secondary N) is 1. The summed E-state index contributed by atoms with van der Waals surface area (Å²) < 4.78 is 3.15. The van der Waals surface area contributed by atoms with Crippen molar-refractivity contribution in [3.8, 4) is 11.4 Å². The van der Waals surface area contributed by atoms with Crippen molar-refractivity contribution >= 4 is 45.9 Å². The summed E-state index contributed by atoms with van der Waals surface area (Å²) >= 11 is 3.67. The maximum absolute atomic E-state index is 12.6. The Morgan fingerprint density at radius 1 is 1.27 bits per heavy atom. The normalized spacial score (nSPS) is 11.0. The Balaban J connectivity index is 1.74. The van der Waals surface area contributed by atoms with Gasteiger partial charge >= 0.3 is 0 Å². The van der Waals surface area contributed by atoms with Crippen LogP contribution in [0.25, 0.3) is 11.4 Å². The Kier molecular flexibility index (Phi) is 7.71. The number of halogens is 1. The maximum Gasteiger partial charge on any atom is 0.234 e. The van der Waals surface area contributed by atoms with E-state index in [0.29, 0.717) is 17.6 Å². The number of rotatable bonds is 8. The number of carbonyl (C=O) groups is 1. The Morgan fingerprint density at radius 3 is 2.77 bits per heavy atom. The summed E-state index contributed by atoms with van der Waals surface area (Å²) in [7, 11) is 0. The van der Waals surface area contributed by atoms with Crippen LogP contribution in [0.4, 0.5) is 5.69 Å². The monoisotopic (exact) mass is 532 g/mol. The first-order chi connectivity index (χ1) is 14.4. The van der Waals surface area contributed by atoms with Gasteiger partial charge in [0, 0.05) is 21.4 Å². The molecule has 0 aliphatic rings. The molecule has 1 N–H and O–H groups in total. The molecule has 0 aliphatic heterocycles. The Labute approximate surface area is 195 Å². The van der Waals surface area contributed by atoms with Gasteiger partial charge in [0.05, 0.1) is 5.75 Å². The number of aromatic nitrogens is 3. The predicted molar refractivity (Wildman–Crippen MR) is 133 cm³/mol. The zero-order valence-corrected chi connectivity index (χ0v) is 20.3. The number of aryl methyl sites for hydroxylation is 1. The van der Waals surface area contributed by atoms with Gasteiger partial charge in [0.1, 0.15) is 0 Å². The second-order valence-corrected chi connectivity index (χ2v) is 9.49. The highest BCUT2D eigenvalue weighted by molar-refractivity contribution is 14.1. The Bertz CT molecular complexity index is 1060. The fourth-order valence-corrected chi connectivity index (χ4v) is 4.39. The maximum atomic E-state index is 12.6. The molecule has 0 spiro atoms. The van der Waals surface area contributed by atoms with Crippen LogP contribution in [0.5, 0.6) is 0 Å². The topological polar surface area (TPSA) is 59.8 Å². The summed E-state index contributed by atoms with van der Waals surface area (Å²) in [6.07, 6.45) is 1.81. The molecule has 3 rings (SSSR count). The van der Waals surface area contributed by atoms with Crippen molar-refractivity contribution in [1.29, 1.82) is 0 Å². The minimum Gasteiger partial charge on any atom is -0.325 e. The van der Waals surface area contributed by atoms with Gasteiger partial charge in [0.2, 0.25) is 5.91 Å². The van der Waals surface area contributed by atoms with E-state index in [-0.39, 0.29) is 11.7 Å². The number of hydrogen-bond acceptors (Lipinski definition) is 4. The van der Waals surface area contributed by atoms with Gasteiger partial charge in [-0.3, -0.25) is 9.36 Å². The first-order valence-electron chi connectivity index (χ1n) is 9.72. The van der Waals surface area contributed by atoms with Gasteiger partial charge in [-0.25, -0.2) is 0 Å². The number of benzene rings is 2. The molecule has 0 saturated carbocycles. The second kappa shape index (κ2) is 10.3. The molecule has 30 heavy (non-hydrogen) atoms. The number of carbonyl (C=O) groups excluding carboxylic acids is 1. The molecule has 0 radical (unpaired) electrons. The molecule has 0 aliphatic carbocycles. The van der Waals surface area contributed by atoms with Crippen LogP contribution in [0.15, 0.2) is 60.3 Å². The number of hydrogen-bond donors (Lipinski definition) is 1. The predicted octanol–water partition coefficient (Wildman–Crippen LogP) is 5.90. The summed E-state index contributed by atoms with van der Waals surface area (Å²) in [6.45, 7) is 10.7. The minimum absolute atomic E-state index is 0.0617. The number of amides is 1. The molecule has 1 aromatic heterocycles. The van der Waals surface area contributed by atoms with Crippen LogP contribution in [0.2, 0.25) is 0 Å². The molecule has 0 saturated heterocycles. The van der Waals surface area contributed by atoms with E-state index in [0.717, 1.165) is 31.8 Å². The molecule has 7 heteroatoms. The van der Waals surface area contributed by atoms with E-state index in [1.54, 1.807) is 0 Å². The number of allylic oxidation sites excluding steroid dienone is 1. The highest BCUT2D eigenvalue weighted by atomic mass is 127. The average Bonchev–Trinajstić information content (AvgIpc) is 3.10. The van der Waals surface area contributed by atoms with Crippen molar-refractivity contribution in [2.75, 3.05) is 11.1 Å². The molecule has 2 aromatic carbocycles. The van der Waals surface area contributed by atoms with Crippen LogP contribution < -0.4 is 5.32 Å². The molecule has 0 unspecified atom stereocenters. The lowest BCUT2D eigenvalue weighted by molar-refractivity contribution is -0.113. The average molecular weight is 532 g/mol. The summed E-state index contributed by atoms with van der Waals surface area (Å²) in [5.74, 6) is 1.30. The van der Waals surface area contributed by atoms with Crippen molar-refractivity contribution in [1.82, 2.24) is 14.8 Å². The van der Waals surface area contributed by atoms with Crippen LogP contribution >= 0.6 is 34.4 Å². The second-order valence-electron chi connectivity index (χ2n) is 7.30. The van der Waals surface area contributed by atoms with E-state index in [1.807, 2.05) is 47.9 Å². The molecule has 0 bridgehead atoms. The first kappa shape index (κ1) is 22.6. The molecule has 1 heterocycles. The minimum atomic E-state index is -0.0617. The van der Waals surface area contributed by atoms with Gasteiger partial charge in [0.15, 0.2) is 11.0 Å². The number of nitrogens with zero attached hydrogens (tertiary/aromatic N) is 3. The van der Waals surface area contributed by atoms with Crippen molar-refractivity contribution in [3.05, 3.63) is 69.8 Å². The zero-order valence-electron chi connectivity index (χ0n) is 17.4. The molecule has 0 fully saturated rings. The quantitative estimate of drug-likeness (QED) is 0.223. The number of thioether (sulfide) groups is 1. The van der Waals surface area contributed by atoms with E-state index >= 15 is 0 Å². The van der Waals surface area contributed by atoms with E-state index in [2.05, 4.69) is 70.7 Å². The van der Waals surface area contributed by atoms with E-state index in [1.165, 1.54) is 11.8 Å². The molecule has 5 nitrogen and oxygen atoms in total. The van der Waals surface area contributed by atoms with E-state index < -0.39 is 0 Å². The molecule has 3 aromatic rings. The highest BCUT2D eigenvalue weighted by Crippen LogP contribution is 2.28. The summed E-state index contributed by atoms with van der Waals surface area (Å²) in [6, 6.07) is 14.2. The van der Waals surface area contributed by atoms with Crippen molar-refractivity contribution in [2.24, 2.45) is 0 Å². The van der Waals surface area contributed by atoms with Crippen LogP contribution in [0, 0.1) is 10.5 Å². The van der Waals surface area contributed by atoms with Crippen LogP contribution in [-0.2, 0) is 11.3 Å².